The minimum absolute atomic E-state index is 0.0835. The third-order valence-electron chi connectivity index (χ3n) is 5.17. The Labute approximate surface area is 148 Å². The highest BCUT2D eigenvalue weighted by atomic mass is 16.2. The van der Waals surface area contributed by atoms with Crippen LogP contribution in [0.4, 0.5) is 5.69 Å². The van der Waals surface area contributed by atoms with Gasteiger partial charge in [0.1, 0.15) is 6.04 Å². The van der Waals surface area contributed by atoms with Gasteiger partial charge in [-0.05, 0) is 43.0 Å². The van der Waals surface area contributed by atoms with E-state index < -0.39 is 6.04 Å². The topological polar surface area (TPSA) is 40.6 Å². The first kappa shape index (κ1) is 15.9. The molecule has 0 radical (unpaired) electrons. The van der Waals surface area contributed by atoms with Gasteiger partial charge in [0.15, 0.2) is 0 Å². The summed E-state index contributed by atoms with van der Waals surface area (Å²) in [5.41, 5.74) is 2.56. The summed E-state index contributed by atoms with van der Waals surface area (Å²) in [5.74, 6) is -0.0129. The Kier molecular flexibility index (Phi) is 4.26. The predicted molar refractivity (Wildman–Crippen MR) is 97.6 cm³/mol. The third kappa shape index (κ3) is 2.93. The Morgan fingerprint density at radius 3 is 2.28 bits per heavy atom. The maximum Gasteiger partial charge on any atom is 0.259 e. The molecule has 2 amide bonds. The molecule has 0 aliphatic carbocycles. The van der Waals surface area contributed by atoms with Crippen LogP contribution < -0.4 is 4.90 Å². The van der Waals surface area contributed by atoms with Crippen LogP contribution in [0.5, 0.6) is 0 Å². The number of anilines is 1. The lowest BCUT2D eigenvalue weighted by Crippen LogP contribution is -2.51. The molecule has 4 nitrogen and oxygen atoms in total. The standard InChI is InChI=1S/C21H22N2O2/c24-20(16-9-3-1-4-10-16)23-18-12-6-5-11-17(18)15-19(23)21(25)22-13-7-2-8-14-22/h1,3-6,9-12,19H,2,7-8,13-15H2. The number of para-hydroxylation sites is 1. The van der Waals surface area contributed by atoms with Crippen molar-refractivity contribution in [2.24, 2.45) is 0 Å². The maximum absolute atomic E-state index is 13.2. The number of carbonyl (C=O) groups is 2. The summed E-state index contributed by atoms with van der Waals surface area (Å²) >= 11 is 0. The van der Waals surface area contributed by atoms with E-state index in [1.165, 1.54) is 6.42 Å². The fourth-order valence-corrected chi connectivity index (χ4v) is 3.88. The summed E-state index contributed by atoms with van der Waals surface area (Å²) in [4.78, 5) is 30.0. The fourth-order valence-electron chi connectivity index (χ4n) is 3.88. The van der Waals surface area contributed by atoms with Gasteiger partial charge in [-0.1, -0.05) is 36.4 Å². The van der Waals surface area contributed by atoms with Crippen molar-refractivity contribution in [3.05, 3.63) is 65.7 Å². The van der Waals surface area contributed by atoms with Crippen LogP contribution in [0.1, 0.15) is 35.2 Å². The minimum atomic E-state index is -0.428. The number of fused-ring (bicyclic) bond motifs is 1. The van der Waals surface area contributed by atoms with Crippen LogP contribution in [-0.4, -0.2) is 35.8 Å². The van der Waals surface area contributed by atoms with Crippen molar-refractivity contribution in [3.8, 4) is 0 Å². The fraction of sp³-hybridized carbons (Fsp3) is 0.333. The first-order valence-corrected chi connectivity index (χ1v) is 9.01. The molecule has 0 spiro atoms. The van der Waals surface area contributed by atoms with Gasteiger partial charge in [-0.15, -0.1) is 0 Å². The van der Waals surface area contributed by atoms with Gasteiger partial charge in [0, 0.05) is 30.8 Å². The summed E-state index contributed by atoms with van der Waals surface area (Å²) in [6.07, 6.45) is 3.89. The highest BCUT2D eigenvalue weighted by Gasteiger charge is 2.40. The summed E-state index contributed by atoms with van der Waals surface area (Å²) in [6.45, 7) is 1.61. The number of piperidine rings is 1. The van der Waals surface area contributed by atoms with Gasteiger partial charge in [-0.25, -0.2) is 0 Å². The molecule has 2 aliphatic rings. The Morgan fingerprint density at radius 2 is 1.52 bits per heavy atom. The van der Waals surface area contributed by atoms with Crippen molar-refractivity contribution >= 4 is 17.5 Å². The molecule has 2 heterocycles. The molecule has 25 heavy (non-hydrogen) atoms. The zero-order valence-corrected chi connectivity index (χ0v) is 14.2. The summed E-state index contributed by atoms with van der Waals surface area (Å²) in [6, 6.07) is 16.7. The van der Waals surface area contributed by atoms with Crippen molar-refractivity contribution in [2.75, 3.05) is 18.0 Å². The van der Waals surface area contributed by atoms with Gasteiger partial charge in [0.2, 0.25) is 5.91 Å². The number of hydrogen-bond acceptors (Lipinski definition) is 2. The van der Waals surface area contributed by atoms with Crippen LogP contribution >= 0.6 is 0 Å². The number of benzene rings is 2. The van der Waals surface area contributed by atoms with E-state index in [0.717, 1.165) is 37.2 Å². The molecule has 0 aromatic heterocycles. The van der Waals surface area contributed by atoms with Crippen LogP contribution in [0.3, 0.4) is 0 Å². The van der Waals surface area contributed by atoms with Gasteiger partial charge in [-0.2, -0.15) is 0 Å². The monoisotopic (exact) mass is 334 g/mol. The molecule has 128 valence electrons. The Bertz CT molecular complexity index is 781. The van der Waals surface area contributed by atoms with E-state index in [-0.39, 0.29) is 11.8 Å². The second-order valence-electron chi connectivity index (χ2n) is 6.78. The highest BCUT2D eigenvalue weighted by molar-refractivity contribution is 6.11. The molecule has 4 heteroatoms. The molecule has 2 aromatic rings. The molecular weight excluding hydrogens is 312 g/mol. The molecule has 4 rings (SSSR count). The average molecular weight is 334 g/mol. The van der Waals surface area contributed by atoms with Crippen LogP contribution in [0, 0.1) is 0 Å². The van der Waals surface area contributed by atoms with Crippen molar-refractivity contribution in [1.29, 1.82) is 0 Å². The zero-order chi connectivity index (χ0) is 17.2. The largest absolute Gasteiger partial charge is 0.341 e. The van der Waals surface area contributed by atoms with E-state index in [1.54, 1.807) is 4.90 Å². The molecule has 0 N–H and O–H groups in total. The van der Waals surface area contributed by atoms with E-state index >= 15 is 0 Å². The van der Waals surface area contributed by atoms with Crippen LogP contribution in [-0.2, 0) is 11.2 Å². The van der Waals surface area contributed by atoms with Gasteiger partial charge >= 0.3 is 0 Å². The quantitative estimate of drug-likeness (QED) is 0.846. The summed E-state index contributed by atoms with van der Waals surface area (Å²) in [7, 11) is 0. The Hall–Kier alpha value is -2.62. The zero-order valence-electron chi connectivity index (χ0n) is 14.2. The van der Waals surface area contributed by atoms with Crippen LogP contribution in [0.15, 0.2) is 54.6 Å². The van der Waals surface area contributed by atoms with Gasteiger partial charge in [0.25, 0.3) is 5.91 Å². The van der Waals surface area contributed by atoms with E-state index in [9.17, 15) is 9.59 Å². The number of rotatable bonds is 2. The molecular formula is C21H22N2O2. The number of hydrogen-bond donors (Lipinski definition) is 0. The van der Waals surface area contributed by atoms with Crippen molar-refractivity contribution in [3.63, 3.8) is 0 Å². The second kappa shape index (κ2) is 6.71. The Morgan fingerprint density at radius 1 is 0.840 bits per heavy atom. The lowest BCUT2D eigenvalue weighted by molar-refractivity contribution is -0.133. The lowest BCUT2D eigenvalue weighted by atomic mass is 10.1. The van der Waals surface area contributed by atoms with Crippen molar-refractivity contribution in [1.82, 2.24) is 4.90 Å². The molecule has 2 aliphatic heterocycles. The Balaban J connectivity index is 1.68. The summed E-state index contributed by atoms with van der Waals surface area (Å²) < 4.78 is 0. The van der Waals surface area contributed by atoms with Gasteiger partial charge < -0.3 is 4.90 Å². The normalized spacial score (nSPS) is 19.6. The predicted octanol–water partition coefficient (Wildman–Crippen LogP) is 3.27. The van der Waals surface area contributed by atoms with Crippen LogP contribution in [0.25, 0.3) is 0 Å². The highest BCUT2D eigenvalue weighted by Crippen LogP contribution is 2.34. The molecule has 1 unspecified atom stereocenters. The molecule has 1 fully saturated rings. The molecule has 0 saturated carbocycles. The maximum atomic E-state index is 13.2. The van der Waals surface area contributed by atoms with Crippen molar-refractivity contribution < 1.29 is 9.59 Å². The SMILES string of the molecule is O=C(C1Cc2ccccc2N1C(=O)c1ccccc1)N1CCCCC1. The van der Waals surface area contributed by atoms with E-state index in [2.05, 4.69) is 0 Å². The van der Waals surface area contributed by atoms with E-state index in [0.29, 0.717) is 12.0 Å². The third-order valence-corrected chi connectivity index (χ3v) is 5.17. The number of likely N-dealkylation sites (tertiary alicyclic amines) is 1. The molecule has 2 aromatic carbocycles. The molecule has 0 bridgehead atoms. The summed E-state index contributed by atoms with van der Waals surface area (Å²) in [5, 5.41) is 0. The number of carbonyl (C=O) groups excluding carboxylic acids is 2. The molecule has 1 atom stereocenters. The van der Waals surface area contributed by atoms with E-state index in [1.807, 2.05) is 59.5 Å². The minimum Gasteiger partial charge on any atom is -0.341 e. The number of amides is 2. The van der Waals surface area contributed by atoms with Crippen molar-refractivity contribution in [2.45, 2.75) is 31.7 Å². The average Bonchev–Trinajstić information content (AvgIpc) is 3.07. The van der Waals surface area contributed by atoms with Gasteiger partial charge in [0.05, 0.1) is 0 Å². The first-order chi connectivity index (χ1) is 12.3. The number of nitrogens with zero attached hydrogens (tertiary/aromatic N) is 2. The van der Waals surface area contributed by atoms with Crippen LogP contribution in [0.2, 0.25) is 0 Å². The van der Waals surface area contributed by atoms with Gasteiger partial charge in [-0.3, -0.25) is 14.5 Å². The molecule has 1 saturated heterocycles. The van der Waals surface area contributed by atoms with E-state index in [4.69, 9.17) is 0 Å². The lowest BCUT2D eigenvalue weighted by Gasteiger charge is -2.32. The first-order valence-electron chi connectivity index (χ1n) is 9.01. The second-order valence-corrected chi connectivity index (χ2v) is 6.78. The smallest absolute Gasteiger partial charge is 0.259 e.